The summed E-state index contributed by atoms with van der Waals surface area (Å²) in [7, 11) is 1.54. The number of pyridine rings is 1. The number of nitrogens with one attached hydrogen (secondary N) is 2. The highest BCUT2D eigenvalue weighted by molar-refractivity contribution is 7.07. The van der Waals surface area contributed by atoms with Gasteiger partial charge in [-0.05, 0) is 24.3 Å². The van der Waals surface area contributed by atoms with Crippen molar-refractivity contribution < 1.29 is 9.59 Å². The zero-order chi connectivity index (χ0) is 19.7. The lowest BCUT2D eigenvalue weighted by Gasteiger charge is -2.09. The number of nitrogens with zero attached hydrogens (tertiary/aromatic N) is 3. The van der Waals surface area contributed by atoms with E-state index in [-0.39, 0.29) is 5.91 Å². The predicted octanol–water partition coefficient (Wildman–Crippen LogP) is 3.17. The number of thiazole rings is 1. The Morgan fingerprint density at radius 3 is 2.86 bits per heavy atom. The van der Waals surface area contributed by atoms with Crippen molar-refractivity contribution in [2.45, 2.75) is 0 Å². The minimum absolute atomic E-state index is 0.304. The smallest absolute Gasteiger partial charge is 0.281 e. The van der Waals surface area contributed by atoms with Gasteiger partial charge in [-0.1, -0.05) is 23.7 Å². The molecule has 4 aromatic rings. The van der Waals surface area contributed by atoms with E-state index >= 15 is 0 Å². The van der Waals surface area contributed by atoms with E-state index in [1.807, 2.05) is 0 Å². The van der Waals surface area contributed by atoms with Crippen LogP contribution in [0.5, 0.6) is 0 Å². The van der Waals surface area contributed by atoms with Crippen LogP contribution in [-0.4, -0.2) is 33.4 Å². The van der Waals surface area contributed by atoms with Crippen molar-refractivity contribution in [1.29, 1.82) is 0 Å². The lowest BCUT2D eigenvalue weighted by atomic mass is 10.2. The van der Waals surface area contributed by atoms with E-state index in [4.69, 9.17) is 11.6 Å². The van der Waals surface area contributed by atoms with Gasteiger partial charge in [-0.25, -0.2) is 4.98 Å². The average Bonchev–Trinajstić information content (AvgIpc) is 3.32. The topological polar surface area (TPSA) is 92.1 Å². The third-order valence-corrected chi connectivity index (χ3v) is 5.29. The molecule has 0 saturated carbocycles. The Hall–Kier alpha value is -3.23. The molecule has 28 heavy (non-hydrogen) atoms. The highest BCUT2D eigenvalue weighted by Crippen LogP contribution is 2.22. The van der Waals surface area contributed by atoms with Crippen molar-refractivity contribution in [2.24, 2.45) is 4.99 Å². The second-order valence-corrected chi connectivity index (χ2v) is 7.03. The number of aromatic amines is 1. The first-order chi connectivity index (χ1) is 13.6. The van der Waals surface area contributed by atoms with E-state index in [2.05, 4.69) is 20.3 Å². The van der Waals surface area contributed by atoms with Gasteiger partial charge in [0.05, 0.1) is 16.3 Å². The van der Waals surface area contributed by atoms with Crippen LogP contribution in [0.4, 0.5) is 0 Å². The fourth-order valence-corrected chi connectivity index (χ4v) is 3.91. The Labute approximate surface area is 168 Å². The maximum absolute atomic E-state index is 12.9. The molecule has 1 aromatic carbocycles. The molecule has 0 radical (unpaired) electrons. The van der Waals surface area contributed by atoms with Gasteiger partial charge in [0.15, 0.2) is 4.80 Å². The van der Waals surface area contributed by atoms with Gasteiger partial charge in [-0.15, -0.1) is 11.3 Å². The Bertz CT molecular complexity index is 1270. The van der Waals surface area contributed by atoms with Crippen LogP contribution in [0.15, 0.2) is 59.2 Å². The molecule has 0 saturated heterocycles. The maximum Gasteiger partial charge on any atom is 0.281 e. The summed E-state index contributed by atoms with van der Waals surface area (Å²) in [6.45, 7) is 0. The third-order valence-electron chi connectivity index (χ3n) is 4.14. The third kappa shape index (κ3) is 3.12. The average molecular weight is 412 g/mol. The molecular weight excluding hydrogens is 398 g/mol. The predicted molar refractivity (Wildman–Crippen MR) is 108 cm³/mol. The van der Waals surface area contributed by atoms with Gasteiger partial charge in [0, 0.05) is 30.2 Å². The quantitative estimate of drug-likeness (QED) is 0.542. The van der Waals surface area contributed by atoms with Crippen molar-refractivity contribution in [1.82, 2.24) is 19.9 Å². The Balaban J connectivity index is 1.90. The van der Waals surface area contributed by atoms with E-state index in [0.29, 0.717) is 37.8 Å². The van der Waals surface area contributed by atoms with Crippen LogP contribution in [0.3, 0.4) is 0 Å². The van der Waals surface area contributed by atoms with Gasteiger partial charge in [-0.2, -0.15) is 4.99 Å². The van der Waals surface area contributed by atoms with Crippen molar-refractivity contribution in [3.8, 4) is 5.69 Å². The molecule has 9 heteroatoms. The first kappa shape index (κ1) is 18.1. The molecule has 7 nitrogen and oxygen atoms in total. The molecule has 140 valence electrons. The number of carbonyl (C=O) groups is 2. The van der Waals surface area contributed by atoms with Gasteiger partial charge < -0.3 is 10.3 Å². The number of halogens is 1. The minimum atomic E-state index is -0.439. The Morgan fingerprint density at radius 1 is 1.25 bits per heavy atom. The van der Waals surface area contributed by atoms with Gasteiger partial charge >= 0.3 is 0 Å². The van der Waals surface area contributed by atoms with Crippen LogP contribution in [0.25, 0.3) is 16.7 Å². The SMILES string of the molecule is CNC(=O)c1cs/c(=N\C(=O)c2c[nH]c3ncccc23)n1-c1ccccc1Cl. The monoisotopic (exact) mass is 411 g/mol. The van der Waals surface area contributed by atoms with E-state index in [9.17, 15) is 9.59 Å². The lowest BCUT2D eigenvalue weighted by Crippen LogP contribution is -2.26. The van der Waals surface area contributed by atoms with Crippen molar-refractivity contribution in [3.63, 3.8) is 0 Å². The molecule has 3 heterocycles. The summed E-state index contributed by atoms with van der Waals surface area (Å²) >= 11 is 7.52. The van der Waals surface area contributed by atoms with Crippen LogP contribution in [0, 0.1) is 0 Å². The van der Waals surface area contributed by atoms with Crippen molar-refractivity contribution in [2.75, 3.05) is 7.05 Å². The molecule has 0 atom stereocenters. The van der Waals surface area contributed by atoms with Crippen LogP contribution in [-0.2, 0) is 0 Å². The first-order valence-corrected chi connectivity index (χ1v) is 9.54. The molecule has 4 rings (SSSR count). The number of carbonyl (C=O) groups excluding carboxylic acids is 2. The molecule has 0 aliphatic carbocycles. The zero-order valence-electron chi connectivity index (χ0n) is 14.6. The first-order valence-electron chi connectivity index (χ1n) is 8.29. The highest BCUT2D eigenvalue weighted by Gasteiger charge is 2.18. The van der Waals surface area contributed by atoms with Crippen LogP contribution in [0.1, 0.15) is 20.8 Å². The van der Waals surface area contributed by atoms with E-state index in [1.54, 1.807) is 58.7 Å². The van der Waals surface area contributed by atoms with Gasteiger partial charge in [0.25, 0.3) is 11.8 Å². The van der Waals surface area contributed by atoms with Crippen LogP contribution < -0.4 is 10.1 Å². The fraction of sp³-hybridized carbons (Fsp3) is 0.0526. The summed E-state index contributed by atoms with van der Waals surface area (Å²) in [6.07, 6.45) is 3.22. The molecule has 0 fully saturated rings. The molecule has 2 N–H and O–H groups in total. The number of para-hydroxylation sites is 1. The Kier molecular flexibility index (Phi) is 4.81. The maximum atomic E-state index is 12.9. The lowest BCUT2D eigenvalue weighted by molar-refractivity contribution is 0.0952. The number of H-pyrrole nitrogens is 1. The van der Waals surface area contributed by atoms with Gasteiger partial charge in [0.1, 0.15) is 11.3 Å². The van der Waals surface area contributed by atoms with Gasteiger partial charge in [-0.3, -0.25) is 14.2 Å². The zero-order valence-corrected chi connectivity index (χ0v) is 16.2. The summed E-state index contributed by atoms with van der Waals surface area (Å²) in [5, 5.41) is 5.36. The van der Waals surface area contributed by atoms with Gasteiger partial charge in [0.2, 0.25) is 0 Å². The number of benzene rings is 1. The molecule has 0 unspecified atom stereocenters. The normalized spacial score (nSPS) is 11.7. The van der Waals surface area contributed by atoms with E-state index in [0.717, 1.165) is 0 Å². The fourth-order valence-electron chi connectivity index (χ4n) is 2.82. The highest BCUT2D eigenvalue weighted by atomic mass is 35.5. The molecule has 2 amide bonds. The molecule has 0 spiro atoms. The number of rotatable bonds is 3. The summed E-state index contributed by atoms with van der Waals surface area (Å²) in [5.41, 5.74) is 1.92. The van der Waals surface area contributed by atoms with E-state index < -0.39 is 5.91 Å². The van der Waals surface area contributed by atoms with Crippen molar-refractivity contribution >= 4 is 45.8 Å². The van der Waals surface area contributed by atoms with Crippen LogP contribution >= 0.6 is 22.9 Å². The molecule has 0 aliphatic heterocycles. The number of fused-ring (bicyclic) bond motifs is 1. The second-order valence-electron chi connectivity index (χ2n) is 5.79. The largest absolute Gasteiger partial charge is 0.354 e. The molecule has 0 bridgehead atoms. The van der Waals surface area contributed by atoms with Crippen molar-refractivity contribution in [3.05, 3.63) is 75.3 Å². The summed E-state index contributed by atoms with van der Waals surface area (Å²) < 4.78 is 1.58. The molecular formula is C19H14ClN5O2S. The number of hydrogen-bond donors (Lipinski definition) is 2. The number of amides is 2. The van der Waals surface area contributed by atoms with Crippen LogP contribution in [0.2, 0.25) is 5.02 Å². The molecule has 0 aliphatic rings. The summed E-state index contributed by atoms with van der Waals surface area (Å²) in [5.74, 6) is -0.744. The molecule has 3 aromatic heterocycles. The second kappa shape index (κ2) is 7.41. The summed E-state index contributed by atoms with van der Waals surface area (Å²) in [6, 6.07) is 10.6. The Morgan fingerprint density at radius 2 is 2.07 bits per heavy atom. The van der Waals surface area contributed by atoms with E-state index in [1.165, 1.54) is 18.4 Å². The number of aromatic nitrogens is 3. The standard InChI is InChI=1S/C19H14ClN5O2S/c1-21-18(27)15-10-28-19(25(15)14-7-3-2-6-13(14)20)24-17(26)12-9-23-16-11(12)5-4-8-22-16/h2-10H,1H3,(H,21,27)(H,22,23)/b24-19-. The number of hydrogen-bond acceptors (Lipinski definition) is 4. The summed E-state index contributed by atoms with van der Waals surface area (Å²) in [4.78, 5) is 36.9. The minimum Gasteiger partial charge on any atom is -0.354 e.